The molecule has 3 saturated heterocycles. The number of carbonyl (C=O) groups excluding carboxylic acids is 2. The molecule has 0 aliphatic carbocycles. The Morgan fingerprint density at radius 2 is 1.81 bits per heavy atom. The van der Waals surface area contributed by atoms with Crippen molar-refractivity contribution in [2.45, 2.75) is 18.9 Å². The summed E-state index contributed by atoms with van der Waals surface area (Å²) in [6.07, 6.45) is 5.18. The Morgan fingerprint density at radius 3 is 2.52 bits per heavy atom. The van der Waals surface area contributed by atoms with Crippen LogP contribution in [0.25, 0.3) is 0 Å². The SMILES string of the molecule is N#Cc1ccc(C(=O)N2CC3CCC2CN(C(=O)c2cccnc2)C3)cc1. The van der Waals surface area contributed by atoms with Crippen molar-refractivity contribution in [1.29, 1.82) is 5.26 Å². The fraction of sp³-hybridized carbons (Fsp3) is 0.333. The van der Waals surface area contributed by atoms with Gasteiger partial charge >= 0.3 is 0 Å². The van der Waals surface area contributed by atoms with Crippen molar-refractivity contribution in [2.24, 2.45) is 5.92 Å². The maximum absolute atomic E-state index is 13.0. The number of pyridine rings is 1. The van der Waals surface area contributed by atoms with E-state index in [0.717, 1.165) is 12.8 Å². The topological polar surface area (TPSA) is 77.3 Å². The second-order valence-electron chi connectivity index (χ2n) is 7.20. The van der Waals surface area contributed by atoms with Crippen LogP contribution < -0.4 is 0 Å². The first-order chi connectivity index (χ1) is 13.2. The summed E-state index contributed by atoms with van der Waals surface area (Å²) in [5, 5.41) is 8.93. The van der Waals surface area contributed by atoms with Gasteiger partial charge < -0.3 is 9.80 Å². The first-order valence-electron chi connectivity index (χ1n) is 9.16. The molecule has 0 spiro atoms. The van der Waals surface area contributed by atoms with E-state index in [1.165, 1.54) is 0 Å². The highest BCUT2D eigenvalue weighted by Gasteiger charge is 2.39. The van der Waals surface area contributed by atoms with Gasteiger partial charge in [-0.2, -0.15) is 5.26 Å². The zero-order chi connectivity index (χ0) is 18.8. The summed E-state index contributed by atoms with van der Waals surface area (Å²) < 4.78 is 0. The standard InChI is InChI=1S/C21H20N4O2/c22-10-15-3-6-17(7-4-15)21(27)25-13-16-5-8-19(25)14-24(12-16)20(26)18-2-1-9-23-11-18/h1-4,6-7,9,11,16,19H,5,8,12-14H2. The molecule has 1 aromatic heterocycles. The van der Waals surface area contributed by atoms with E-state index >= 15 is 0 Å². The second kappa shape index (κ2) is 7.20. The molecule has 3 aliphatic rings. The van der Waals surface area contributed by atoms with Gasteiger partial charge in [-0.25, -0.2) is 0 Å². The largest absolute Gasteiger partial charge is 0.336 e. The summed E-state index contributed by atoms with van der Waals surface area (Å²) in [4.78, 5) is 33.7. The average Bonchev–Trinajstić information content (AvgIpc) is 3.05. The van der Waals surface area contributed by atoms with E-state index in [0.29, 0.717) is 36.3 Å². The first-order valence-corrected chi connectivity index (χ1v) is 9.16. The van der Waals surface area contributed by atoms with Crippen molar-refractivity contribution in [3.8, 4) is 6.07 Å². The van der Waals surface area contributed by atoms with Gasteiger partial charge in [0.05, 0.1) is 17.2 Å². The Morgan fingerprint density at radius 1 is 1.00 bits per heavy atom. The second-order valence-corrected chi connectivity index (χ2v) is 7.20. The van der Waals surface area contributed by atoms with Gasteiger partial charge in [0.15, 0.2) is 0 Å². The van der Waals surface area contributed by atoms with Crippen LogP contribution in [0.1, 0.15) is 39.1 Å². The maximum atomic E-state index is 13.0. The zero-order valence-corrected chi connectivity index (χ0v) is 14.9. The Labute approximate surface area is 158 Å². The van der Waals surface area contributed by atoms with Crippen LogP contribution in [0.3, 0.4) is 0 Å². The highest BCUT2D eigenvalue weighted by Crippen LogP contribution is 2.30. The van der Waals surface area contributed by atoms with E-state index in [-0.39, 0.29) is 23.8 Å². The molecule has 0 saturated carbocycles. The van der Waals surface area contributed by atoms with E-state index in [1.807, 2.05) is 9.80 Å². The third-order valence-corrected chi connectivity index (χ3v) is 5.43. The molecule has 3 fully saturated rings. The minimum atomic E-state index is -0.0233. The lowest BCUT2D eigenvalue weighted by Gasteiger charge is -2.36. The molecule has 0 N–H and O–H groups in total. The van der Waals surface area contributed by atoms with Crippen LogP contribution in [0.15, 0.2) is 48.8 Å². The molecule has 2 aromatic rings. The summed E-state index contributed by atoms with van der Waals surface area (Å²) in [6.45, 7) is 1.88. The molecule has 0 radical (unpaired) electrons. The highest BCUT2D eigenvalue weighted by atomic mass is 16.2. The van der Waals surface area contributed by atoms with E-state index in [4.69, 9.17) is 5.26 Å². The van der Waals surface area contributed by atoms with Crippen molar-refractivity contribution in [3.63, 3.8) is 0 Å². The van der Waals surface area contributed by atoms with Gasteiger partial charge in [-0.15, -0.1) is 0 Å². The van der Waals surface area contributed by atoms with Crippen molar-refractivity contribution in [2.75, 3.05) is 19.6 Å². The quantitative estimate of drug-likeness (QED) is 0.823. The molecule has 2 amide bonds. The summed E-state index contributed by atoms with van der Waals surface area (Å²) in [5.41, 5.74) is 1.72. The zero-order valence-electron chi connectivity index (χ0n) is 14.9. The molecule has 4 heterocycles. The number of hydrogen-bond donors (Lipinski definition) is 0. The lowest BCUT2D eigenvalue weighted by Crippen LogP contribution is -2.47. The molecule has 1 aromatic carbocycles. The van der Waals surface area contributed by atoms with E-state index in [9.17, 15) is 9.59 Å². The monoisotopic (exact) mass is 360 g/mol. The number of nitrogens with zero attached hydrogens (tertiary/aromatic N) is 4. The van der Waals surface area contributed by atoms with Gasteiger partial charge in [-0.3, -0.25) is 14.6 Å². The number of piperidine rings is 1. The van der Waals surface area contributed by atoms with Gasteiger partial charge in [0.25, 0.3) is 11.8 Å². The molecular weight excluding hydrogens is 340 g/mol. The summed E-state index contributed by atoms with van der Waals surface area (Å²) in [5.74, 6) is 0.240. The molecule has 136 valence electrons. The van der Waals surface area contributed by atoms with Gasteiger partial charge in [-0.1, -0.05) is 0 Å². The minimum absolute atomic E-state index is 0.0207. The fourth-order valence-corrected chi connectivity index (χ4v) is 4.02. The molecular formula is C21H20N4O2. The van der Waals surface area contributed by atoms with Crippen LogP contribution in [0.2, 0.25) is 0 Å². The number of nitriles is 1. The summed E-state index contributed by atoms with van der Waals surface area (Å²) in [7, 11) is 0. The summed E-state index contributed by atoms with van der Waals surface area (Å²) >= 11 is 0. The lowest BCUT2D eigenvalue weighted by molar-refractivity contribution is 0.0574. The molecule has 6 nitrogen and oxygen atoms in total. The molecule has 3 aliphatic heterocycles. The van der Waals surface area contributed by atoms with Crippen LogP contribution in [-0.2, 0) is 0 Å². The fourth-order valence-electron chi connectivity index (χ4n) is 4.02. The number of benzene rings is 1. The van der Waals surface area contributed by atoms with Crippen LogP contribution in [-0.4, -0.2) is 52.3 Å². The molecule has 2 bridgehead atoms. The van der Waals surface area contributed by atoms with Crippen molar-refractivity contribution >= 4 is 11.8 Å². The Bertz CT molecular complexity index is 889. The number of carbonyl (C=O) groups is 2. The Balaban J connectivity index is 1.53. The predicted molar refractivity (Wildman–Crippen MR) is 98.8 cm³/mol. The first kappa shape index (κ1) is 17.2. The van der Waals surface area contributed by atoms with Gasteiger partial charge in [0, 0.05) is 43.6 Å². The van der Waals surface area contributed by atoms with Crippen LogP contribution in [0.5, 0.6) is 0 Å². The van der Waals surface area contributed by atoms with E-state index < -0.39 is 0 Å². The minimum Gasteiger partial charge on any atom is -0.336 e. The third-order valence-electron chi connectivity index (χ3n) is 5.43. The Kier molecular flexibility index (Phi) is 4.59. The molecule has 6 heteroatoms. The normalized spacial score (nSPS) is 21.4. The number of rotatable bonds is 2. The number of aromatic nitrogens is 1. The van der Waals surface area contributed by atoms with Crippen LogP contribution in [0.4, 0.5) is 0 Å². The number of amides is 2. The molecule has 27 heavy (non-hydrogen) atoms. The van der Waals surface area contributed by atoms with Gasteiger partial charge in [-0.05, 0) is 55.2 Å². The molecule has 2 atom stereocenters. The van der Waals surface area contributed by atoms with E-state index in [1.54, 1.807) is 48.8 Å². The molecule has 5 rings (SSSR count). The van der Waals surface area contributed by atoms with Gasteiger partial charge in [0.1, 0.15) is 0 Å². The van der Waals surface area contributed by atoms with Crippen molar-refractivity contribution in [1.82, 2.24) is 14.8 Å². The average molecular weight is 360 g/mol. The van der Waals surface area contributed by atoms with Crippen molar-refractivity contribution < 1.29 is 9.59 Å². The summed E-state index contributed by atoms with van der Waals surface area (Å²) in [6, 6.07) is 12.4. The molecule has 2 unspecified atom stereocenters. The number of hydrogen-bond acceptors (Lipinski definition) is 4. The van der Waals surface area contributed by atoms with Gasteiger partial charge in [0.2, 0.25) is 0 Å². The van der Waals surface area contributed by atoms with Crippen molar-refractivity contribution in [3.05, 3.63) is 65.5 Å². The van der Waals surface area contributed by atoms with Crippen LogP contribution >= 0.6 is 0 Å². The maximum Gasteiger partial charge on any atom is 0.255 e. The lowest BCUT2D eigenvalue weighted by atomic mass is 9.94. The Hall–Kier alpha value is -3.20. The smallest absolute Gasteiger partial charge is 0.255 e. The third kappa shape index (κ3) is 3.41. The number of fused-ring (bicyclic) bond motifs is 4. The predicted octanol–water partition coefficient (Wildman–Crippen LogP) is 2.33. The highest BCUT2D eigenvalue weighted by molar-refractivity contribution is 5.95. The van der Waals surface area contributed by atoms with Crippen LogP contribution in [0, 0.1) is 17.2 Å². The van der Waals surface area contributed by atoms with E-state index in [2.05, 4.69) is 11.1 Å².